The first-order chi connectivity index (χ1) is 10.2. The van der Waals surface area contributed by atoms with Crippen molar-refractivity contribution in [2.24, 2.45) is 17.4 Å². The lowest BCUT2D eigenvalue weighted by Crippen LogP contribution is -2.54. The third kappa shape index (κ3) is 7.37. The highest BCUT2D eigenvalue weighted by Gasteiger charge is 2.26. The second-order valence-electron chi connectivity index (χ2n) is 5.68. The molecule has 0 fully saturated rings. The average Bonchev–Trinajstić information content (AvgIpc) is 2.44. The summed E-state index contributed by atoms with van der Waals surface area (Å²) in [6.45, 7) is 5.46. The van der Waals surface area contributed by atoms with Gasteiger partial charge in [0.25, 0.3) is 0 Å². The quantitative estimate of drug-likeness (QED) is 0.332. The second-order valence-corrected chi connectivity index (χ2v) is 5.68. The fraction of sp³-hybridized carbons (Fsp3) is 0.786. The van der Waals surface area contributed by atoms with Crippen molar-refractivity contribution in [1.82, 2.24) is 10.6 Å². The molecule has 0 saturated carbocycles. The van der Waals surface area contributed by atoms with Crippen LogP contribution in [0.5, 0.6) is 0 Å². The molecule has 8 heteroatoms. The maximum Gasteiger partial charge on any atom is 0.325 e. The van der Waals surface area contributed by atoms with Crippen LogP contribution in [0.25, 0.3) is 0 Å². The molecule has 0 spiro atoms. The molecule has 0 bridgehead atoms. The Labute approximate surface area is 131 Å². The van der Waals surface area contributed by atoms with Gasteiger partial charge < -0.3 is 27.2 Å². The van der Waals surface area contributed by atoms with Crippen molar-refractivity contribution in [3.63, 3.8) is 0 Å². The van der Waals surface area contributed by atoms with E-state index in [-0.39, 0.29) is 5.92 Å². The Balaban J connectivity index is 4.77. The molecule has 0 heterocycles. The van der Waals surface area contributed by atoms with Crippen molar-refractivity contribution in [2.75, 3.05) is 6.54 Å². The molecule has 0 aliphatic heterocycles. The van der Waals surface area contributed by atoms with E-state index in [1.165, 1.54) is 6.92 Å². The Bertz CT molecular complexity index is 387. The van der Waals surface area contributed by atoms with E-state index >= 15 is 0 Å². The maximum absolute atomic E-state index is 12.1. The molecule has 0 aliphatic rings. The Morgan fingerprint density at radius 3 is 2.09 bits per heavy atom. The molecule has 3 atom stereocenters. The van der Waals surface area contributed by atoms with E-state index < -0.39 is 35.9 Å². The molecule has 0 aromatic heterocycles. The summed E-state index contributed by atoms with van der Waals surface area (Å²) in [5.74, 6) is -2.16. The number of unbranched alkanes of at least 4 members (excludes halogenated alkanes) is 1. The zero-order valence-electron chi connectivity index (χ0n) is 13.5. The summed E-state index contributed by atoms with van der Waals surface area (Å²) in [7, 11) is 0. The van der Waals surface area contributed by atoms with Crippen molar-refractivity contribution in [1.29, 1.82) is 0 Å². The summed E-state index contributed by atoms with van der Waals surface area (Å²) in [5.41, 5.74) is 11.2. The molecule has 0 radical (unpaired) electrons. The Kier molecular flexibility index (Phi) is 9.35. The molecule has 128 valence electrons. The van der Waals surface area contributed by atoms with Crippen LogP contribution in [-0.2, 0) is 14.4 Å². The Morgan fingerprint density at radius 2 is 1.64 bits per heavy atom. The van der Waals surface area contributed by atoms with E-state index in [1.54, 1.807) is 13.8 Å². The molecule has 0 aromatic carbocycles. The van der Waals surface area contributed by atoms with Crippen molar-refractivity contribution < 1.29 is 19.5 Å². The van der Waals surface area contributed by atoms with Gasteiger partial charge in [0.05, 0.1) is 6.04 Å². The van der Waals surface area contributed by atoms with Crippen LogP contribution in [0.1, 0.15) is 40.0 Å². The van der Waals surface area contributed by atoms with E-state index in [0.717, 1.165) is 0 Å². The number of carbonyl (C=O) groups is 3. The minimum atomic E-state index is -1.14. The van der Waals surface area contributed by atoms with E-state index in [9.17, 15) is 14.4 Å². The Morgan fingerprint density at radius 1 is 1.05 bits per heavy atom. The number of carboxylic acid groups (broad SMARTS) is 1. The highest BCUT2D eigenvalue weighted by Crippen LogP contribution is 2.04. The van der Waals surface area contributed by atoms with Crippen LogP contribution in [0.4, 0.5) is 0 Å². The summed E-state index contributed by atoms with van der Waals surface area (Å²) < 4.78 is 0. The summed E-state index contributed by atoms with van der Waals surface area (Å²) in [5, 5.41) is 13.8. The van der Waals surface area contributed by atoms with Gasteiger partial charge >= 0.3 is 5.97 Å². The highest BCUT2D eigenvalue weighted by atomic mass is 16.4. The van der Waals surface area contributed by atoms with Gasteiger partial charge in [-0.1, -0.05) is 13.8 Å². The molecule has 0 unspecified atom stereocenters. The largest absolute Gasteiger partial charge is 0.480 e. The molecular formula is C14H28N4O4. The van der Waals surface area contributed by atoms with Crippen LogP contribution in [0, 0.1) is 5.92 Å². The minimum absolute atomic E-state index is 0.0642. The summed E-state index contributed by atoms with van der Waals surface area (Å²) in [6, 6.07) is -2.56. The van der Waals surface area contributed by atoms with E-state index in [4.69, 9.17) is 16.6 Å². The standard InChI is InChI=1S/C14H28N4O4/c1-8(2)11(16)13(20)18-10(6-4-5-7-15)12(19)17-9(3)14(21)22/h8-11H,4-7,15-16H2,1-3H3,(H,17,19)(H,18,20)(H,21,22)/t9-,10-,11-/m0/s1. The number of aliphatic carboxylic acids is 1. The summed E-state index contributed by atoms with van der Waals surface area (Å²) in [4.78, 5) is 34.9. The maximum atomic E-state index is 12.1. The molecule has 22 heavy (non-hydrogen) atoms. The molecule has 0 rings (SSSR count). The molecular weight excluding hydrogens is 288 g/mol. The van der Waals surface area contributed by atoms with Crippen molar-refractivity contribution in [2.45, 2.75) is 58.2 Å². The predicted molar refractivity (Wildman–Crippen MR) is 82.9 cm³/mol. The van der Waals surface area contributed by atoms with Crippen molar-refractivity contribution in [3.8, 4) is 0 Å². The summed E-state index contributed by atoms with van der Waals surface area (Å²) in [6.07, 6.45) is 1.74. The molecule has 0 aliphatic carbocycles. The van der Waals surface area contributed by atoms with Gasteiger partial charge in [0.1, 0.15) is 12.1 Å². The predicted octanol–water partition coefficient (Wildman–Crippen LogP) is -0.827. The van der Waals surface area contributed by atoms with Crippen LogP contribution in [0.2, 0.25) is 0 Å². The van der Waals surface area contributed by atoms with Gasteiger partial charge in [0, 0.05) is 0 Å². The molecule has 7 N–H and O–H groups in total. The van der Waals surface area contributed by atoms with Gasteiger partial charge in [0.2, 0.25) is 11.8 Å². The number of carbonyl (C=O) groups excluding carboxylic acids is 2. The number of hydrogen-bond acceptors (Lipinski definition) is 5. The molecule has 0 saturated heterocycles. The lowest BCUT2D eigenvalue weighted by atomic mass is 10.0. The monoisotopic (exact) mass is 316 g/mol. The number of amides is 2. The van der Waals surface area contributed by atoms with Crippen LogP contribution >= 0.6 is 0 Å². The Hall–Kier alpha value is -1.67. The fourth-order valence-electron chi connectivity index (χ4n) is 1.71. The number of nitrogens with two attached hydrogens (primary N) is 2. The van der Waals surface area contributed by atoms with Gasteiger partial charge in [-0.15, -0.1) is 0 Å². The third-order valence-electron chi connectivity index (χ3n) is 3.33. The van der Waals surface area contributed by atoms with Crippen LogP contribution in [-0.4, -0.2) is 47.6 Å². The molecule has 0 aromatic rings. The average molecular weight is 316 g/mol. The third-order valence-corrected chi connectivity index (χ3v) is 3.33. The summed E-state index contributed by atoms with van der Waals surface area (Å²) >= 11 is 0. The topological polar surface area (TPSA) is 148 Å². The van der Waals surface area contributed by atoms with Gasteiger partial charge in [-0.2, -0.15) is 0 Å². The fourth-order valence-corrected chi connectivity index (χ4v) is 1.71. The van der Waals surface area contributed by atoms with Gasteiger partial charge in [-0.05, 0) is 38.6 Å². The van der Waals surface area contributed by atoms with Crippen LogP contribution < -0.4 is 22.1 Å². The van der Waals surface area contributed by atoms with E-state index in [0.29, 0.717) is 25.8 Å². The number of hydrogen-bond donors (Lipinski definition) is 5. The first kappa shape index (κ1) is 20.3. The van der Waals surface area contributed by atoms with Crippen molar-refractivity contribution >= 4 is 17.8 Å². The lowest BCUT2D eigenvalue weighted by molar-refractivity contribution is -0.141. The van der Waals surface area contributed by atoms with Crippen LogP contribution in [0.3, 0.4) is 0 Å². The first-order valence-corrected chi connectivity index (χ1v) is 7.49. The first-order valence-electron chi connectivity index (χ1n) is 7.49. The van der Waals surface area contributed by atoms with Gasteiger partial charge in [0.15, 0.2) is 0 Å². The van der Waals surface area contributed by atoms with Gasteiger partial charge in [-0.25, -0.2) is 0 Å². The smallest absolute Gasteiger partial charge is 0.325 e. The normalized spacial score (nSPS) is 15.0. The highest BCUT2D eigenvalue weighted by molar-refractivity contribution is 5.91. The lowest BCUT2D eigenvalue weighted by Gasteiger charge is -2.23. The van der Waals surface area contributed by atoms with E-state index in [1.807, 2.05) is 0 Å². The molecule has 2 amide bonds. The zero-order valence-corrected chi connectivity index (χ0v) is 13.5. The van der Waals surface area contributed by atoms with Crippen LogP contribution in [0.15, 0.2) is 0 Å². The minimum Gasteiger partial charge on any atom is -0.480 e. The number of nitrogens with one attached hydrogen (secondary N) is 2. The van der Waals surface area contributed by atoms with E-state index in [2.05, 4.69) is 10.6 Å². The van der Waals surface area contributed by atoms with Gasteiger partial charge in [-0.3, -0.25) is 14.4 Å². The van der Waals surface area contributed by atoms with Crippen molar-refractivity contribution in [3.05, 3.63) is 0 Å². The number of rotatable bonds is 10. The number of carboxylic acids is 1. The molecule has 8 nitrogen and oxygen atoms in total. The SMILES string of the molecule is CC(C)[C@H](N)C(=O)N[C@@H](CCCCN)C(=O)N[C@@H](C)C(=O)O. The second kappa shape index (κ2) is 10.1. The zero-order chi connectivity index (χ0) is 17.3.